The molecule has 4 N–H and O–H groups in total. The van der Waals surface area contributed by atoms with E-state index in [2.05, 4.69) is 16.2 Å². The van der Waals surface area contributed by atoms with Crippen LogP contribution in [0.15, 0.2) is 22.8 Å². The highest BCUT2D eigenvalue weighted by molar-refractivity contribution is 5.92. The molecule has 0 unspecified atom stereocenters. The molecule has 0 spiro atoms. The second-order valence-electron chi connectivity index (χ2n) is 5.52. The molecular weight excluding hydrogens is 270 g/mol. The predicted molar refractivity (Wildman–Crippen MR) is 77.2 cm³/mol. The molecule has 21 heavy (non-hydrogen) atoms. The largest absolute Gasteiger partial charge is 0.459 e. The Morgan fingerprint density at radius 3 is 2.52 bits per heavy atom. The quantitative estimate of drug-likeness (QED) is 0.715. The molecule has 1 fully saturated rings. The van der Waals surface area contributed by atoms with Gasteiger partial charge >= 0.3 is 5.91 Å². The first-order valence-electron chi connectivity index (χ1n) is 7.72. The van der Waals surface area contributed by atoms with Gasteiger partial charge in [0.2, 0.25) is 0 Å². The van der Waals surface area contributed by atoms with Gasteiger partial charge in [0.15, 0.2) is 12.3 Å². The summed E-state index contributed by atoms with van der Waals surface area (Å²) in [5.74, 6) is -0.462. The number of quaternary nitrogens is 1. The number of hydrazine groups is 1. The summed E-state index contributed by atoms with van der Waals surface area (Å²) in [7, 11) is 0. The number of rotatable bonds is 4. The molecule has 1 saturated carbocycles. The fourth-order valence-electron chi connectivity index (χ4n) is 2.64. The van der Waals surface area contributed by atoms with Gasteiger partial charge in [-0.15, -0.1) is 0 Å². The number of nitrogens with two attached hydrogens (primary N) is 1. The Labute approximate surface area is 124 Å². The normalized spacial score (nSPS) is 16.8. The van der Waals surface area contributed by atoms with Gasteiger partial charge in [-0.1, -0.05) is 19.3 Å². The predicted octanol–water partition coefficient (Wildman–Crippen LogP) is 0.717. The zero-order chi connectivity index (χ0) is 14.9. The maximum Gasteiger partial charge on any atom is 0.305 e. The number of carbonyl (C=O) groups is 2. The molecule has 0 aliphatic heterocycles. The van der Waals surface area contributed by atoms with E-state index in [1.165, 1.54) is 51.2 Å². The summed E-state index contributed by atoms with van der Waals surface area (Å²) in [6.07, 6.45) is 10.2. The Bertz CT molecular complexity index is 437. The Morgan fingerprint density at radius 2 is 1.86 bits per heavy atom. The van der Waals surface area contributed by atoms with Crippen molar-refractivity contribution >= 4 is 11.8 Å². The summed E-state index contributed by atoms with van der Waals surface area (Å²) < 4.78 is 4.94. The molecule has 2 rings (SSSR count). The number of nitrogens with one attached hydrogen (secondary N) is 2. The highest BCUT2D eigenvalue weighted by atomic mass is 16.3. The smallest absolute Gasteiger partial charge is 0.305 e. The number of hydrogen-bond acceptors (Lipinski definition) is 3. The summed E-state index contributed by atoms with van der Waals surface area (Å²) >= 11 is 0. The van der Waals surface area contributed by atoms with Crippen LogP contribution in [0.25, 0.3) is 0 Å². The van der Waals surface area contributed by atoms with E-state index >= 15 is 0 Å². The molecular formula is C15H24N3O3+. The summed E-state index contributed by atoms with van der Waals surface area (Å²) in [5, 5.41) is 2.08. The molecule has 6 heteroatoms. The van der Waals surface area contributed by atoms with Crippen LogP contribution in [0.2, 0.25) is 0 Å². The highest BCUT2D eigenvalue weighted by Crippen LogP contribution is 2.14. The monoisotopic (exact) mass is 294 g/mol. The molecule has 1 aliphatic rings. The lowest BCUT2D eigenvalue weighted by Crippen LogP contribution is -2.92. The van der Waals surface area contributed by atoms with Gasteiger partial charge in [-0.2, -0.15) is 0 Å². The lowest BCUT2D eigenvalue weighted by atomic mass is 9.97. The molecule has 0 bridgehead atoms. The first-order valence-corrected chi connectivity index (χ1v) is 7.72. The number of hydrogen-bond donors (Lipinski definition) is 3. The van der Waals surface area contributed by atoms with E-state index in [-0.39, 0.29) is 11.7 Å². The molecule has 0 saturated heterocycles. The Morgan fingerprint density at radius 1 is 1.14 bits per heavy atom. The van der Waals surface area contributed by atoms with E-state index in [4.69, 9.17) is 4.42 Å². The highest BCUT2D eigenvalue weighted by Gasteiger charge is 2.16. The maximum atomic E-state index is 11.7. The van der Waals surface area contributed by atoms with Crippen LogP contribution in [0, 0.1) is 0 Å². The van der Waals surface area contributed by atoms with Crippen molar-refractivity contribution in [2.75, 3.05) is 6.54 Å². The summed E-state index contributed by atoms with van der Waals surface area (Å²) in [4.78, 5) is 23.3. The van der Waals surface area contributed by atoms with Crippen molar-refractivity contribution in [3.05, 3.63) is 24.2 Å². The van der Waals surface area contributed by atoms with Crippen molar-refractivity contribution in [2.45, 2.75) is 51.0 Å². The number of carbonyl (C=O) groups excluding carboxylic acids is 2. The van der Waals surface area contributed by atoms with Crippen LogP contribution in [0.5, 0.6) is 0 Å². The molecule has 0 aromatic carbocycles. The van der Waals surface area contributed by atoms with Crippen LogP contribution in [-0.4, -0.2) is 24.4 Å². The van der Waals surface area contributed by atoms with Crippen molar-refractivity contribution in [2.24, 2.45) is 0 Å². The van der Waals surface area contributed by atoms with E-state index in [0.29, 0.717) is 12.6 Å². The van der Waals surface area contributed by atoms with Crippen molar-refractivity contribution in [3.63, 3.8) is 0 Å². The van der Waals surface area contributed by atoms with Gasteiger partial charge in [0.05, 0.1) is 12.3 Å². The first-order chi connectivity index (χ1) is 10.3. The van der Waals surface area contributed by atoms with Gasteiger partial charge in [-0.05, 0) is 37.8 Å². The van der Waals surface area contributed by atoms with Crippen molar-refractivity contribution in [1.29, 1.82) is 0 Å². The number of amides is 2. The topological polar surface area (TPSA) is 88.0 Å². The molecule has 0 radical (unpaired) electrons. The standard InChI is InChI=1S/C15H23N3O3/c19-14(17-18-15(20)13-9-6-10-21-13)11-16-12-7-4-2-1-3-5-8-12/h6,9-10,12,16H,1-5,7-8,11H2,(H,17,19)(H,18,20)/p+1. The summed E-state index contributed by atoms with van der Waals surface area (Å²) in [6, 6.07) is 3.69. The minimum absolute atomic E-state index is 0.180. The summed E-state index contributed by atoms with van der Waals surface area (Å²) in [6.45, 7) is 0.336. The maximum absolute atomic E-state index is 11.7. The van der Waals surface area contributed by atoms with Gasteiger partial charge in [0.25, 0.3) is 5.91 Å². The van der Waals surface area contributed by atoms with Gasteiger partial charge in [0.1, 0.15) is 0 Å². The fraction of sp³-hybridized carbons (Fsp3) is 0.600. The van der Waals surface area contributed by atoms with Crippen LogP contribution in [0.3, 0.4) is 0 Å². The molecule has 0 atom stereocenters. The van der Waals surface area contributed by atoms with Crippen LogP contribution < -0.4 is 16.2 Å². The first kappa shape index (κ1) is 15.6. The lowest BCUT2D eigenvalue weighted by molar-refractivity contribution is -0.680. The van der Waals surface area contributed by atoms with Crippen LogP contribution in [-0.2, 0) is 4.79 Å². The average molecular weight is 294 g/mol. The van der Waals surface area contributed by atoms with Crippen molar-refractivity contribution in [1.82, 2.24) is 10.9 Å². The SMILES string of the molecule is O=C(C[NH2+]C1CCCCCCC1)NNC(=O)c1ccco1. The average Bonchev–Trinajstić information content (AvgIpc) is 2.97. The fourth-order valence-corrected chi connectivity index (χ4v) is 2.64. The minimum Gasteiger partial charge on any atom is -0.459 e. The molecule has 116 valence electrons. The van der Waals surface area contributed by atoms with E-state index in [0.717, 1.165) is 0 Å². The third-order valence-electron chi connectivity index (χ3n) is 3.85. The Balaban J connectivity index is 1.63. The van der Waals surface area contributed by atoms with Gasteiger partial charge in [-0.25, -0.2) is 0 Å². The number of furan rings is 1. The minimum atomic E-state index is -0.445. The van der Waals surface area contributed by atoms with Crippen LogP contribution in [0.4, 0.5) is 0 Å². The third kappa shape index (κ3) is 5.59. The van der Waals surface area contributed by atoms with E-state index in [1.54, 1.807) is 12.1 Å². The lowest BCUT2D eigenvalue weighted by Gasteiger charge is -2.17. The van der Waals surface area contributed by atoms with E-state index in [9.17, 15) is 9.59 Å². The van der Waals surface area contributed by atoms with E-state index < -0.39 is 5.91 Å². The van der Waals surface area contributed by atoms with Crippen LogP contribution >= 0.6 is 0 Å². The third-order valence-corrected chi connectivity index (χ3v) is 3.85. The van der Waals surface area contributed by atoms with Crippen LogP contribution in [0.1, 0.15) is 55.5 Å². The van der Waals surface area contributed by atoms with Gasteiger partial charge in [-0.3, -0.25) is 20.4 Å². The van der Waals surface area contributed by atoms with Crippen molar-refractivity contribution in [3.8, 4) is 0 Å². The second-order valence-corrected chi connectivity index (χ2v) is 5.52. The molecule has 1 aromatic rings. The van der Waals surface area contributed by atoms with E-state index in [1.807, 2.05) is 0 Å². The Hall–Kier alpha value is -1.82. The van der Waals surface area contributed by atoms with Gasteiger partial charge < -0.3 is 9.73 Å². The molecule has 1 aromatic heterocycles. The Kier molecular flexibility index (Phi) is 6.27. The molecule has 1 heterocycles. The zero-order valence-electron chi connectivity index (χ0n) is 12.3. The summed E-state index contributed by atoms with van der Waals surface area (Å²) in [5.41, 5.74) is 4.75. The zero-order valence-corrected chi connectivity index (χ0v) is 12.3. The molecule has 2 amide bonds. The molecule has 6 nitrogen and oxygen atoms in total. The van der Waals surface area contributed by atoms with Crippen molar-refractivity contribution < 1.29 is 19.3 Å². The van der Waals surface area contributed by atoms with Gasteiger partial charge in [0, 0.05) is 0 Å². The second kappa shape index (κ2) is 8.46. The molecule has 1 aliphatic carbocycles.